The molecule has 0 saturated carbocycles. The van der Waals surface area contributed by atoms with Crippen LogP contribution in [-0.2, 0) is 0 Å². The van der Waals surface area contributed by atoms with Crippen LogP contribution in [-0.4, -0.2) is 50.9 Å². The number of anilines is 2. The molecule has 7 nitrogen and oxygen atoms in total. The molecule has 0 aromatic carbocycles. The molecule has 8 heteroatoms. The van der Waals surface area contributed by atoms with Crippen molar-refractivity contribution in [2.24, 2.45) is 0 Å². The predicted molar refractivity (Wildman–Crippen MR) is 87.8 cm³/mol. The van der Waals surface area contributed by atoms with Gasteiger partial charge in [0.25, 0.3) is 0 Å². The van der Waals surface area contributed by atoms with Crippen LogP contribution in [0.25, 0.3) is 5.82 Å². The minimum absolute atomic E-state index is 0.419. The zero-order valence-electron chi connectivity index (χ0n) is 13.0. The van der Waals surface area contributed by atoms with Gasteiger partial charge in [0.15, 0.2) is 11.6 Å². The van der Waals surface area contributed by atoms with E-state index in [1.807, 2.05) is 35.4 Å². The highest BCUT2D eigenvalue weighted by molar-refractivity contribution is 5.45. The van der Waals surface area contributed by atoms with Crippen LogP contribution in [0.15, 0.2) is 49.1 Å². The molecule has 4 rings (SSSR count). The standard InChI is InChI=1S/C16H16FN7/c17-13-11-18-16(19-12-13)23-9-7-22(8-10-23)14-3-1-4-15(21-14)24-6-2-5-20-24/h1-6,11-12H,7-10H2. The Bertz CT molecular complexity index is 796. The molecule has 4 heterocycles. The highest BCUT2D eigenvalue weighted by Crippen LogP contribution is 2.17. The molecule has 0 radical (unpaired) electrons. The molecule has 3 aromatic rings. The molecule has 1 aliphatic heterocycles. The van der Waals surface area contributed by atoms with E-state index in [-0.39, 0.29) is 0 Å². The van der Waals surface area contributed by atoms with Crippen molar-refractivity contribution in [3.63, 3.8) is 0 Å². The molecular weight excluding hydrogens is 309 g/mol. The maximum absolute atomic E-state index is 12.9. The third kappa shape index (κ3) is 2.90. The average molecular weight is 325 g/mol. The summed E-state index contributed by atoms with van der Waals surface area (Å²) in [6.45, 7) is 3.13. The molecule has 0 atom stereocenters. The van der Waals surface area contributed by atoms with Crippen LogP contribution in [0.2, 0.25) is 0 Å². The molecule has 24 heavy (non-hydrogen) atoms. The number of pyridine rings is 1. The monoisotopic (exact) mass is 325 g/mol. The van der Waals surface area contributed by atoms with Gasteiger partial charge in [-0.05, 0) is 18.2 Å². The van der Waals surface area contributed by atoms with E-state index in [2.05, 4.69) is 25.0 Å². The van der Waals surface area contributed by atoms with Crippen LogP contribution in [0.5, 0.6) is 0 Å². The number of piperazine rings is 1. The molecule has 1 aliphatic rings. The summed E-state index contributed by atoms with van der Waals surface area (Å²) in [5.74, 6) is 1.86. The van der Waals surface area contributed by atoms with Crippen molar-refractivity contribution >= 4 is 11.8 Å². The SMILES string of the molecule is Fc1cnc(N2CCN(c3cccc(-n4cccn4)n3)CC2)nc1. The summed E-state index contributed by atoms with van der Waals surface area (Å²) in [6, 6.07) is 7.78. The number of nitrogens with zero attached hydrogens (tertiary/aromatic N) is 7. The van der Waals surface area contributed by atoms with Crippen LogP contribution in [0.4, 0.5) is 16.2 Å². The lowest BCUT2D eigenvalue weighted by Crippen LogP contribution is -2.47. The summed E-state index contributed by atoms with van der Waals surface area (Å²) in [6.07, 6.45) is 6.00. The van der Waals surface area contributed by atoms with E-state index < -0.39 is 5.82 Å². The fourth-order valence-corrected chi connectivity index (χ4v) is 2.72. The summed E-state index contributed by atoms with van der Waals surface area (Å²) in [5, 5.41) is 4.21. The van der Waals surface area contributed by atoms with Gasteiger partial charge in [0.2, 0.25) is 5.95 Å². The smallest absolute Gasteiger partial charge is 0.225 e. The average Bonchev–Trinajstić information content (AvgIpc) is 3.17. The number of rotatable bonds is 3. The fourth-order valence-electron chi connectivity index (χ4n) is 2.72. The zero-order valence-corrected chi connectivity index (χ0v) is 13.0. The lowest BCUT2D eigenvalue weighted by Gasteiger charge is -2.35. The first-order valence-electron chi connectivity index (χ1n) is 7.74. The molecule has 1 fully saturated rings. The molecule has 0 N–H and O–H groups in total. The first kappa shape index (κ1) is 14.6. The Kier molecular flexibility index (Phi) is 3.78. The Morgan fingerprint density at radius 3 is 2.29 bits per heavy atom. The van der Waals surface area contributed by atoms with E-state index in [1.54, 1.807) is 10.9 Å². The zero-order chi connectivity index (χ0) is 16.4. The largest absolute Gasteiger partial charge is 0.353 e. The number of hydrogen-bond donors (Lipinski definition) is 0. The van der Waals surface area contributed by atoms with Gasteiger partial charge in [-0.25, -0.2) is 24.0 Å². The van der Waals surface area contributed by atoms with E-state index in [0.29, 0.717) is 5.95 Å². The van der Waals surface area contributed by atoms with Gasteiger partial charge < -0.3 is 9.80 Å². The molecule has 0 amide bonds. The van der Waals surface area contributed by atoms with Crippen molar-refractivity contribution in [3.8, 4) is 5.82 Å². The van der Waals surface area contributed by atoms with Crippen molar-refractivity contribution in [2.45, 2.75) is 0 Å². The van der Waals surface area contributed by atoms with E-state index in [1.165, 1.54) is 12.4 Å². The van der Waals surface area contributed by atoms with Gasteiger partial charge in [-0.1, -0.05) is 6.07 Å². The quantitative estimate of drug-likeness (QED) is 0.728. The fraction of sp³-hybridized carbons (Fsp3) is 0.250. The van der Waals surface area contributed by atoms with Gasteiger partial charge in [0.1, 0.15) is 5.82 Å². The number of hydrogen-bond acceptors (Lipinski definition) is 6. The van der Waals surface area contributed by atoms with Crippen molar-refractivity contribution in [1.29, 1.82) is 0 Å². The van der Waals surface area contributed by atoms with E-state index in [4.69, 9.17) is 0 Å². The highest BCUT2D eigenvalue weighted by Gasteiger charge is 2.20. The van der Waals surface area contributed by atoms with Gasteiger partial charge in [-0.3, -0.25) is 0 Å². The van der Waals surface area contributed by atoms with Crippen LogP contribution in [0.1, 0.15) is 0 Å². The van der Waals surface area contributed by atoms with Crippen LogP contribution in [0, 0.1) is 5.82 Å². The molecule has 0 unspecified atom stereocenters. The third-order valence-corrected chi connectivity index (χ3v) is 3.95. The normalized spacial score (nSPS) is 14.9. The summed E-state index contributed by atoms with van der Waals surface area (Å²) in [4.78, 5) is 17.0. The Balaban J connectivity index is 1.46. The third-order valence-electron chi connectivity index (χ3n) is 3.95. The molecule has 0 aliphatic carbocycles. The first-order chi connectivity index (χ1) is 11.8. The minimum atomic E-state index is -0.419. The van der Waals surface area contributed by atoms with Crippen LogP contribution < -0.4 is 9.80 Å². The topological polar surface area (TPSA) is 63.0 Å². The molecule has 0 bridgehead atoms. The van der Waals surface area contributed by atoms with E-state index in [0.717, 1.165) is 37.8 Å². The Hall–Kier alpha value is -3.03. The Morgan fingerprint density at radius 1 is 0.875 bits per heavy atom. The van der Waals surface area contributed by atoms with Crippen LogP contribution in [0.3, 0.4) is 0 Å². The second-order valence-corrected chi connectivity index (χ2v) is 5.48. The number of halogens is 1. The minimum Gasteiger partial charge on any atom is -0.353 e. The second-order valence-electron chi connectivity index (χ2n) is 5.48. The molecule has 0 spiro atoms. The molecule has 1 saturated heterocycles. The van der Waals surface area contributed by atoms with Gasteiger partial charge in [0.05, 0.1) is 12.4 Å². The Morgan fingerprint density at radius 2 is 1.58 bits per heavy atom. The van der Waals surface area contributed by atoms with Crippen molar-refractivity contribution in [3.05, 3.63) is 54.9 Å². The molecule has 3 aromatic heterocycles. The first-order valence-corrected chi connectivity index (χ1v) is 7.74. The summed E-state index contributed by atoms with van der Waals surface area (Å²) >= 11 is 0. The lowest BCUT2D eigenvalue weighted by molar-refractivity contribution is 0.601. The van der Waals surface area contributed by atoms with Crippen molar-refractivity contribution in [2.75, 3.05) is 36.0 Å². The molecule has 122 valence electrons. The summed E-state index contributed by atoms with van der Waals surface area (Å²) in [7, 11) is 0. The van der Waals surface area contributed by atoms with E-state index >= 15 is 0 Å². The van der Waals surface area contributed by atoms with Gasteiger partial charge >= 0.3 is 0 Å². The lowest BCUT2D eigenvalue weighted by atomic mass is 10.3. The highest BCUT2D eigenvalue weighted by atomic mass is 19.1. The van der Waals surface area contributed by atoms with Crippen molar-refractivity contribution < 1.29 is 4.39 Å². The predicted octanol–water partition coefficient (Wildman–Crippen LogP) is 1.52. The summed E-state index contributed by atoms with van der Waals surface area (Å²) < 4.78 is 14.7. The van der Waals surface area contributed by atoms with E-state index in [9.17, 15) is 4.39 Å². The number of aromatic nitrogens is 5. The van der Waals surface area contributed by atoms with Gasteiger partial charge in [-0.2, -0.15) is 5.10 Å². The van der Waals surface area contributed by atoms with Crippen LogP contribution >= 0.6 is 0 Å². The maximum Gasteiger partial charge on any atom is 0.225 e. The summed E-state index contributed by atoms with van der Waals surface area (Å²) in [5.41, 5.74) is 0. The second kappa shape index (κ2) is 6.23. The maximum atomic E-state index is 12.9. The van der Waals surface area contributed by atoms with Gasteiger partial charge in [-0.15, -0.1) is 0 Å². The molecular formula is C16H16FN7. The van der Waals surface area contributed by atoms with Crippen molar-refractivity contribution in [1.82, 2.24) is 24.7 Å². The Labute approximate surface area is 138 Å². The van der Waals surface area contributed by atoms with Gasteiger partial charge in [0, 0.05) is 38.6 Å².